The quantitative estimate of drug-likeness (QED) is 0.819. The zero-order chi connectivity index (χ0) is 16.4. The van der Waals surface area contributed by atoms with Crippen LogP contribution in [-0.2, 0) is 0 Å². The molecule has 2 aromatic rings. The number of nitrogens with zero attached hydrogens (tertiary/aromatic N) is 3. The van der Waals surface area contributed by atoms with Gasteiger partial charge in [0.25, 0.3) is 5.91 Å². The molecule has 3 rings (SSSR count). The Labute approximate surface area is 143 Å². The summed E-state index contributed by atoms with van der Waals surface area (Å²) in [5.41, 5.74) is 1.74. The van der Waals surface area contributed by atoms with Crippen molar-refractivity contribution < 1.29 is 13.9 Å². The lowest BCUT2D eigenvalue weighted by atomic mass is 10.1. The van der Waals surface area contributed by atoms with E-state index in [2.05, 4.69) is 25.9 Å². The number of piperidine rings is 1. The normalized spacial score (nSPS) is 18.0. The molecular formula is C16H18BrN3O3. The second kappa shape index (κ2) is 6.70. The van der Waals surface area contributed by atoms with Gasteiger partial charge >= 0.3 is 6.01 Å². The van der Waals surface area contributed by atoms with Crippen LogP contribution in [0.5, 0.6) is 6.01 Å². The highest BCUT2D eigenvalue weighted by molar-refractivity contribution is 9.10. The van der Waals surface area contributed by atoms with Crippen molar-refractivity contribution in [3.05, 3.63) is 40.0 Å². The first kappa shape index (κ1) is 16.0. The number of ether oxygens (including phenoxy) is 1. The third-order valence-corrected chi connectivity index (χ3v) is 4.11. The van der Waals surface area contributed by atoms with Gasteiger partial charge in [0.2, 0.25) is 0 Å². The molecule has 1 saturated heterocycles. The molecule has 6 nitrogen and oxygen atoms in total. The van der Waals surface area contributed by atoms with Gasteiger partial charge < -0.3 is 14.1 Å². The second-order valence-electron chi connectivity index (χ2n) is 5.67. The molecule has 1 fully saturated rings. The molecule has 0 aromatic carbocycles. The monoisotopic (exact) mass is 379 g/mol. The first-order chi connectivity index (χ1) is 11.0. The predicted octanol–water partition coefficient (Wildman–Crippen LogP) is 3.13. The van der Waals surface area contributed by atoms with E-state index in [4.69, 9.17) is 9.15 Å². The van der Waals surface area contributed by atoms with E-state index < -0.39 is 0 Å². The average Bonchev–Trinajstić information content (AvgIpc) is 2.92. The van der Waals surface area contributed by atoms with Crippen molar-refractivity contribution in [3.63, 3.8) is 0 Å². The Balaban J connectivity index is 1.67. The van der Waals surface area contributed by atoms with Crippen molar-refractivity contribution in [2.75, 3.05) is 13.1 Å². The highest BCUT2D eigenvalue weighted by Crippen LogP contribution is 2.20. The van der Waals surface area contributed by atoms with Crippen molar-refractivity contribution in [1.82, 2.24) is 14.9 Å². The zero-order valence-electron chi connectivity index (χ0n) is 13.1. The lowest BCUT2D eigenvalue weighted by molar-refractivity contribution is 0.0487. The first-order valence-corrected chi connectivity index (χ1v) is 8.34. The number of amides is 1. The number of aromatic nitrogens is 2. The van der Waals surface area contributed by atoms with E-state index in [1.165, 1.54) is 0 Å². The number of likely N-dealkylation sites (tertiary alicyclic amines) is 1. The van der Waals surface area contributed by atoms with Gasteiger partial charge in [0.15, 0.2) is 10.4 Å². The van der Waals surface area contributed by atoms with Crippen molar-refractivity contribution in [2.45, 2.75) is 32.8 Å². The number of carbonyl (C=O) groups excluding carboxylic acids is 1. The van der Waals surface area contributed by atoms with Gasteiger partial charge in [-0.3, -0.25) is 4.79 Å². The van der Waals surface area contributed by atoms with Crippen LogP contribution in [0, 0.1) is 13.8 Å². The summed E-state index contributed by atoms with van der Waals surface area (Å²) >= 11 is 3.22. The Morgan fingerprint density at radius 2 is 2.09 bits per heavy atom. The molecule has 1 aliphatic heterocycles. The molecule has 23 heavy (non-hydrogen) atoms. The van der Waals surface area contributed by atoms with Crippen LogP contribution in [0.3, 0.4) is 0 Å². The van der Waals surface area contributed by atoms with Crippen LogP contribution in [0.15, 0.2) is 27.3 Å². The maximum Gasteiger partial charge on any atom is 0.317 e. The minimum absolute atomic E-state index is 0.104. The number of hydrogen-bond donors (Lipinski definition) is 0. The van der Waals surface area contributed by atoms with E-state index in [1.807, 2.05) is 19.9 Å². The van der Waals surface area contributed by atoms with E-state index in [0.29, 0.717) is 29.5 Å². The average molecular weight is 380 g/mol. The summed E-state index contributed by atoms with van der Waals surface area (Å²) in [4.78, 5) is 22.8. The molecule has 1 unspecified atom stereocenters. The summed E-state index contributed by atoms with van der Waals surface area (Å²) in [6, 6.07) is 5.67. The number of aryl methyl sites for hydroxylation is 2. The van der Waals surface area contributed by atoms with Crippen molar-refractivity contribution >= 4 is 21.8 Å². The summed E-state index contributed by atoms with van der Waals surface area (Å²) in [6.45, 7) is 5.03. The Morgan fingerprint density at radius 1 is 1.35 bits per heavy atom. The molecule has 3 heterocycles. The van der Waals surface area contributed by atoms with Gasteiger partial charge in [0.05, 0.1) is 6.54 Å². The van der Waals surface area contributed by atoms with Gasteiger partial charge in [-0.15, -0.1) is 0 Å². The van der Waals surface area contributed by atoms with Gasteiger partial charge in [0, 0.05) is 17.9 Å². The Kier molecular flexibility index (Phi) is 4.66. The van der Waals surface area contributed by atoms with E-state index in [0.717, 1.165) is 24.2 Å². The van der Waals surface area contributed by atoms with E-state index in [-0.39, 0.29) is 12.0 Å². The Hall–Kier alpha value is -1.89. The largest absolute Gasteiger partial charge is 0.458 e. The number of halogens is 1. The van der Waals surface area contributed by atoms with Crippen LogP contribution in [-0.4, -0.2) is 40.0 Å². The number of hydrogen-bond acceptors (Lipinski definition) is 5. The molecule has 1 atom stereocenters. The van der Waals surface area contributed by atoms with E-state index >= 15 is 0 Å². The van der Waals surface area contributed by atoms with Gasteiger partial charge in [-0.05, 0) is 60.8 Å². The summed E-state index contributed by atoms with van der Waals surface area (Å²) < 4.78 is 11.8. The standard InChI is InChI=1S/C16H18BrN3O3/c1-10-8-11(2)19-16(18-10)22-12-4-3-7-20(9-12)15(21)13-5-6-14(17)23-13/h5-6,8,12H,3-4,7,9H2,1-2H3. The van der Waals surface area contributed by atoms with Crippen LogP contribution >= 0.6 is 15.9 Å². The molecule has 0 bridgehead atoms. The van der Waals surface area contributed by atoms with Crippen LogP contribution in [0.4, 0.5) is 0 Å². The third-order valence-electron chi connectivity index (χ3n) is 3.68. The fourth-order valence-electron chi connectivity index (χ4n) is 2.70. The number of rotatable bonds is 3. The van der Waals surface area contributed by atoms with Crippen molar-refractivity contribution in [1.29, 1.82) is 0 Å². The van der Waals surface area contributed by atoms with Crippen LogP contribution in [0.1, 0.15) is 34.8 Å². The second-order valence-corrected chi connectivity index (χ2v) is 6.45. The van der Waals surface area contributed by atoms with Gasteiger partial charge in [0.1, 0.15) is 6.10 Å². The summed E-state index contributed by atoms with van der Waals surface area (Å²) in [6.07, 6.45) is 1.65. The Bertz CT molecular complexity index is 696. The minimum atomic E-state index is -0.120. The predicted molar refractivity (Wildman–Crippen MR) is 87.5 cm³/mol. The summed E-state index contributed by atoms with van der Waals surface area (Å²) in [7, 11) is 0. The van der Waals surface area contributed by atoms with Crippen LogP contribution in [0.25, 0.3) is 0 Å². The molecule has 7 heteroatoms. The molecule has 122 valence electrons. The molecule has 0 spiro atoms. The molecule has 0 radical (unpaired) electrons. The SMILES string of the molecule is Cc1cc(C)nc(OC2CCCN(C(=O)c3ccc(Br)o3)C2)n1. The topological polar surface area (TPSA) is 68.5 Å². The van der Waals surface area contributed by atoms with Crippen LogP contribution in [0.2, 0.25) is 0 Å². The molecule has 1 amide bonds. The molecule has 0 N–H and O–H groups in total. The Morgan fingerprint density at radius 3 is 2.74 bits per heavy atom. The molecule has 0 aliphatic carbocycles. The summed E-state index contributed by atoms with van der Waals surface area (Å²) in [5.74, 6) is 0.213. The smallest absolute Gasteiger partial charge is 0.317 e. The van der Waals surface area contributed by atoms with Crippen LogP contribution < -0.4 is 4.74 Å². The van der Waals surface area contributed by atoms with Gasteiger partial charge in [-0.25, -0.2) is 9.97 Å². The molecule has 2 aromatic heterocycles. The highest BCUT2D eigenvalue weighted by atomic mass is 79.9. The lowest BCUT2D eigenvalue weighted by Crippen LogP contribution is -2.44. The lowest BCUT2D eigenvalue weighted by Gasteiger charge is -2.31. The first-order valence-electron chi connectivity index (χ1n) is 7.55. The molecular weight excluding hydrogens is 362 g/mol. The summed E-state index contributed by atoms with van der Waals surface area (Å²) in [5, 5.41) is 0. The zero-order valence-corrected chi connectivity index (χ0v) is 14.7. The molecule has 0 saturated carbocycles. The van der Waals surface area contributed by atoms with Crippen molar-refractivity contribution in [3.8, 4) is 6.01 Å². The maximum atomic E-state index is 12.4. The fraction of sp³-hybridized carbons (Fsp3) is 0.438. The number of carbonyl (C=O) groups is 1. The number of furan rings is 1. The van der Waals surface area contributed by atoms with Crippen molar-refractivity contribution in [2.24, 2.45) is 0 Å². The third kappa shape index (κ3) is 3.90. The maximum absolute atomic E-state index is 12.4. The van der Waals surface area contributed by atoms with E-state index in [1.54, 1.807) is 17.0 Å². The van der Waals surface area contributed by atoms with E-state index in [9.17, 15) is 4.79 Å². The highest BCUT2D eigenvalue weighted by Gasteiger charge is 2.27. The van der Waals surface area contributed by atoms with Gasteiger partial charge in [-0.1, -0.05) is 0 Å². The fourth-order valence-corrected chi connectivity index (χ4v) is 3.01. The minimum Gasteiger partial charge on any atom is -0.458 e. The molecule has 1 aliphatic rings. The van der Waals surface area contributed by atoms with Gasteiger partial charge in [-0.2, -0.15) is 0 Å².